The van der Waals surface area contributed by atoms with Crippen LogP contribution in [0.4, 0.5) is 0 Å². The van der Waals surface area contributed by atoms with E-state index >= 15 is 0 Å². The largest absolute Gasteiger partial charge is 0.184 e. The third kappa shape index (κ3) is 2.56. The van der Waals surface area contributed by atoms with Gasteiger partial charge >= 0.3 is 0 Å². The van der Waals surface area contributed by atoms with Crippen LogP contribution in [0.1, 0.15) is 0 Å². The van der Waals surface area contributed by atoms with Crippen molar-refractivity contribution in [3.8, 4) is 0 Å². The molecule has 0 unspecified atom stereocenters. The van der Waals surface area contributed by atoms with Crippen LogP contribution in [0.15, 0.2) is 41.9 Å². The molecule has 14 heavy (non-hydrogen) atoms. The average Bonchev–Trinajstić information content (AvgIpc) is 2.56. The molecule has 1 heterocycles. The lowest BCUT2D eigenvalue weighted by molar-refractivity contribution is 0.997. The Labute approximate surface area is 106 Å². The van der Waals surface area contributed by atoms with Crippen LogP contribution in [0.5, 0.6) is 0 Å². The second kappa shape index (κ2) is 4.74. The molecule has 0 fully saturated rings. The van der Waals surface area contributed by atoms with E-state index in [1.807, 2.05) is 24.3 Å². The third-order valence-electron chi connectivity index (χ3n) is 1.42. The van der Waals surface area contributed by atoms with Gasteiger partial charge in [-0.2, -0.15) is 0 Å². The van der Waals surface area contributed by atoms with Crippen LogP contribution in [0, 0.1) is 0 Å². The van der Waals surface area contributed by atoms with Gasteiger partial charge in [0, 0.05) is 9.37 Å². The molecule has 0 saturated carbocycles. The molecule has 1 aromatic carbocycles. The van der Waals surface area contributed by atoms with Crippen LogP contribution in [-0.4, -0.2) is 10.2 Å². The molecule has 0 N–H and O–H groups in total. The lowest BCUT2D eigenvalue weighted by Gasteiger charge is -1.98. The smallest absolute Gasteiger partial charge is 0.130 e. The quantitative estimate of drug-likeness (QED) is 0.810. The maximum absolute atomic E-state index is 4.02. The first-order chi connectivity index (χ1) is 6.75. The lowest BCUT2D eigenvalue weighted by Crippen LogP contribution is -1.74. The standard InChI is InChI=1S/C8H4Br2N2S2/c9-5-3-1-2-4-6(5)13-8-12-11-7(10)14-8/h1-4H. The number of benzene rings is 1. The Balaban J connectivity index is 2.23. The molecule has 2 rings (SSSR count). The lowest BCUT2D eigenvalue weighted by atomic mass is 10.4. The average molecular weight is 352 g/mol. The highest BCUT2D eigenvalue weighted by Gasteiger charge is 2.05. The van der Waals surface area contributed by atoms with Crippen LogP contribution in [-0.2, 0) is 0 Å². The van der Waals surface area contributed by atoms with Crippen molar-refractivity contribution in [2.24, 2.45) is 0 Å². The third-order valence-corrected chi connectivity index (χ3v) is 4.85. The fourth-order valence-corrected chi connectivity index (χ4v) is 3.81. The Hall–Kier alpha value is 0.0900. The molecule has 0 spiro atoms. The van der Waals surface area contributed by atoms with Gasteiger partial charge in [0.1, 0.15) is 0 Å². The summed E-state index contributed by atoms with van der Waals surface area (Å²) in [7, 11) is 0. The Morgan fingerprint density at radius 3 is 2.57 bits per heavy atom. The summed E-state index contributed by atoms with van der Waals surface area (Å²) < 4.78 is 2.83. The van der Waals surface area contributed by atoms with Crippen molar-refractivity contribution in [3.05, 3.63) is 32.7 Å². The Kier molecular flexibility index (Phi) is 3.59. The van der Waals surface area contributed by atoms with Gasteiger partial charge in [0.05, 0.1) is 0 Å². The highest BCUT2D eigenvalue weighted by Crippen LogP contribution is 2.35. The van der Waals surface area contributed by atoms with Gasteiger partial charge in [0.15, 0.2) is 8.26 Å². The second-order valence-corrected chi connectivity index (χ2v) is 6.75. The summed E-state index contributed by atoms with van der Waals surface area (Å²) in [5.41, 5.74) is 0. The van der Waals surface area contributed by atoms with Gasteiger partial charge in [-0.15, -0.1) is 10.2 Å². The topological polar surface area (TPSA) is 25.8 Å². The van der Waals surface area contributed by atoms with E-state index in [0.29, 0.717) is 0 Å². The first-order valence-corrected chi connectivity index (χ1v) is 6.89. The van der Waals surface area contributed by atoms with E-state index in [9.17, 15) is 0 Å². The van der Waals surface area contributed by atoms with E-state index < -0.39 is 0 Å². The van der Waals surface area contributed by atoms with Crippen LogP contribution < -0.4 is 0 Å². The number of hydrogen-bond acceptors (Lipinski definition) is 4. The maximum Gasteiger partial charge on any atom is 0.184 e. The molecule has 2 aromatic rings. The van der Waals surface area contributed by atoms with E-state index in [4.69, 9.17) is 0 Å². The highest BCUT2D eigenvalue weighted by atomic mass is 79.9. The predicted molar refractivity (Wildman–Crippen MR) is 65.9 cm³/mol. The molecule has 1 aromatic heterocycles. The van der Waals surface area contributed by atoms with E-state index in [2.05, 4.69) is 42.1 Å². The zero-order valence-electron chi connectivity index (χ0n) is 6.78. The molecule has 0 amide bonds. The monoisotopic (exact) mass is 350 g/mol. The van der Waals surface area contributed by atoms with E-state index in [0.717, 1.165) is 17.6 Å². The normalized spacial score (nSPS) is 10.4. The van der Waals surface area contributed by atoms with Gasteiger partial charge in [-0.3, -0.25) is 0 Å². The number of aromatic nitrogens is 2. The van der Waals surface area contributed by atoms with Gasteiger partial charge in [0.25, 0.3) is 0 Å². The SMILES string of the molecule is Brc1nnc(Sc2ccccc2Br)s1. The Morgan fingerprint density at radius 1 is 1.14 bits per heavy atom. The zero-order chi connectivity index (χ0) is 9.97. The molecule has 0 saturated heterocycles. The van der Waals surface area contributed by atoms with E-state index in [-0.39, 0.29) is 0 Å². The molecule has 6 heteroatoms. The highest BCUT2D eigenvalue weighted by molar-refractivity contribution is 9.11. The molecule has 0 aliphatic rings. The van der Waals surface area contributed by atoms with Crippen molar-refractivity contribution in [3.63, 3.8) is 0 Å². The van der Waals surface area contributed by atoms with Gasteiger partial charge in [-0.25, -0.2) is 0 Å². The van der Waals surface area contributed by atoms with Gasteiger partial charge in [0.2, 0.25) is 0 Å². The number of nitrogens with zero attached hydrogens (tertiary/aromatic N) is 2. The van der Waals surface area contributed by atoms with Crippen LogP contribution in [0.2, 0.25) is 0 Å². The molecular weight excluding hydrogens is 348 g/mol. The second-order valence-electron chi connectivity index (χ2n) is 2.35. The minimum absolute atomic E-state index is 0.812. The first kappa shape index (κ1) is 10.6. The van der Waals surface area contributed by atoms with Crippen molar-refractivity contribution in [1.82, 2.24) is 10.2 Å². The molecule has 0 atom stereocenters. The minimum atomic E-state index is 0.812. The van der Waals surface area contributed by atoms with Crippen LogP contribution >= 0.6 is 55.0 Å². The summed E-state index contributed by atoms with van der Waals surface area (Å²) in [6.07, 6.45) is 0. The Bertz CT molecular complexity index is 444. The summed E-state index contributed by atoms with van der Waals surface area (Å²) in [6.45, 7) is 0. The number of hydrogen-bond donors (Lipinski definition) is 0. The fourth-order valence-electron chi connectivity index (χ4n) is 0.856. The van der Waals surface area contributed by atoms with Crippen molar-refractivity contribution in [1.29, 1.82) is 0 Å². The van der Waals surface area contributed by atoms with Crippen molar-refractivity contribution < 1.29 is 0 Å². The maximum atomic E-state index is 4.02. The molecular formula is C8H4Br2N2S2. The predicted octanol–water partition coefficient (Wildman–Crippen LogP) is 4.21. The van der Waals surface area contributed by atoms with Crippen molar-refractivity contribution in [2.45, 2.75) is 9.24 Å². The summed E-state index contributed by atoms with van der Waals surface area (Å²) in [4.78, 5) is 1.15. The van der Waals surface area contributed by atoms with Crippen LogP contribution in [0.25, 0.3) is 0 Å². The fraction of sp³-hybridized carbons (Fsp3) is 0. The minimum Gasteiger partial charge on any atom is -0.130 e. The number of halogens is 2. The van der Waals surface area contributed by atoms with Gasteiger partial charge in [-0.1, -0.05) is 35.2 Å². The molecule has 72 valence electrons. The zero-order valence-corrected chi connectivity index (χ0v) is 11.6. The summed E-state index contributed by atoms with van der Waals surface area (Å²) in [5.74, 6) is 0. The molecule has 0 aliphatic heterocycles. The summed E-state index contributed by atoms with van der Waals surface area (Å²) >= 11 is 9.90. The van der Waals surface area contributed by atoms with Crippen LogP contribution in [0.3, 0.4) is 0 Å². The van der Waals surface area contributed by atoms with Gasteiger partial charge in [-0.05, 0) is 44.0 Å². The molecule has 0 radical (unpaired) electrons. The van der Waals surface area contributed by atoms with E-state index in [1.54, 1.807) is 11.8 Å². The molecule has 0 bridgehead atoms. The van der Waals surface area contributed by atoms with E-state index in [1.165, 1.54) is 11.3 Å². The summed E-state index contributed by atoms with van der Waals surface area (Å²) in [6, 6.07) is 8.05. The number of rotatable bonds is 2. The van der Waals surface area contributed by atoms with Gasteiger partial charge < -0.3 is 0 Å². The Morgan fingerprint density at radius 2 is 1.93 bits per heavy atom. The van der Waals surface area contributed by atoms with Crippen molar-refractivity contribution >= 4 is 55.0 Å². The van der Waals surface area contributed by atoms with Crippen molar-refractivity contribution in [2.75, 3.05) is 0 Å². The molecule has 0 aliphatic carbocycles. The summed E-state index contributed by atoms with van der Waals surface area (Å²) in [5, 5.41) is 7.91. The first-order valence-electron chi connectivity index (χ1n) is 3.67. The molecule has 2 nitrogen and oxygen atoms in total.